The molecule has 0 bridgehead atoms. The second kappa shape index (κ2) is 7.52. The van der Waals surface area contributed by atoms with Gasteiger partial charge in [-0.25, -0.2) is 4.79 Å². The Morgan fingerprint density at radius 3 is 2.38 bits per heavy atom. The van der Waals surface area contributed by atoms with Crippen LogP contribution in [0.4, 0.5) is 23.9 Å². The maximum absolute atomic E-state index is 12.5. The average molecular weight is 388 g/mol. The minimum Gasteiger partial charge on any atom is -0.462 e. The van der Waals surface area contributed by atoms with Crippen LogP contribution in [0.3, 0.4) is 0 Å². The molecule has 0 spiro atoms. The first-order chi connectivity index (χ1) is 12.1. The molecule has 2 aromatic rings. The lowest BCUT2D eigenvalue weighted by Gasteiger charge is -2.10. The number of nitrogens with one attached hydrogen (secondary N) is 1. The minimum absolute atomic E-state index is 0.0267. The molecule has 1 aromatic carbocycles. The summed E-state index contributed by atoms with van der Waals surface area (Å²) in [6.07, 6.45) is -5.12. The van der Waals surface area contributed by atoms with E-state index in [1.165, 1.54) is 36.6 Å². The highest BCUT2D eigenvalue weighted by molar-refractivity contribution is 7.15. The van der Waals surface area contributed by atoms with Crippen molar-refractivity contribution in [3.63, 3.8) is 0 Å². The Balaban J connectivity index is 2.47. The first-order valence-corrected chi connectivity index (χ1v) is 7.94. The van der Waals surface area contributed by atoms with E-state index in [0.717, 1.165) is 0 Å². The molecule has 11 heteroatoms. The highest BCUT2D eigenvalue weighted by atomic mass is 32.1. The highest BCUT2D eigenvalue weighted by Gasteiger charge is 2.40. The Morgan fingerprint density at radius 1 is 1.27 bits per heavy atom. The average Bonchev–Trinajstić information content (AvgIpc) is 2.98. The molecule has 0 unspecified atom stereocenters. The lowest BCUT2D eigenvalue weighted by Crippen LogP contribution is -2.30. The molecular weight excluding hydrogens is 377 g/mol. The highest BCUT2D eigenvalue weighted by Crippen LogP contribution is 2.37. The summed E-state index contributed by atoms with van der Waals surface area (Å²) < 4.78 is 42.3. The van der Waals surface area contributed by atoms with Crippen LogP contribution in [0.1, 0.15) is 17.3 Å². The van der Waals surface area contributed by atoms with Gasteiger partial charge >= 0.3 is 18.1 Å². The lowest BCUT2D eigenvalue weighted by atomic mass is 10.0. The quantitative estimate of drug-likeness (QED) is 0.474. The standard InChI is InChI=1S/C15H11F3N2O5S/c1-2-25-13(21)11-10(8-3-5-9(6-4-8)20(23)24)7-26-12(11)19-14(22)15(16,17)18/h3-7H,2H2,1H3,(H,19,22). The summed E-state index contributed by atoms with van der Waals surface area (Å²) in [4.78, 5) is 33.4. The van der Waals surface area contributed by atoms with Crippen LogP contribution >= 0.6 is 11.3 Å². The first kappa shape index (κ1) is 19.4. The number of ether oxygens (including phenoxy) is 1. The fourth-order valence-corrected chi connectivity index (χ4v) is 2.96. The summed E-state index contributed by atoms with van der Waals surface area (Å²) >= 11 is 0.713. The van der Waals surface area contributed by atoms with E-state index in [1.807, 2.05) is 0 Å². The summed E-state index contributed by atoms with van der Waals surface area (Å²) in [6.45, 7) is 1.49. The smallest absolute Gasteiger partial charge is 0.462 e. The third-order valence-electron chi connectivity index (χ3n) is 3.14. The fourth-order valence-electron chi connectivity index (χ4n) is 2.00. The van der Waals surface area contributed by atoms with Crippen LogP contribution in [-0.4, -0.2) is 29.6 Å². The number of thiophene rings is 1. The number of nitro groups is 1. The van der Waals surface area contributed by atoms with Crippen molar-refractivity contribution in [3.05, 3.63) is 45.3 Å². The number of nitro benzene ring substituents is 1. The van der Waals surface area contributed by atoms with E-state index in [4.69, 9.17) is 4.74 Å². The Kier molecular flexibility index (Phi) is 5.60. The first-order valence-electron chi connectivity index (χ1n) is 7.06. The topological polar surface area (TPSA) is 98.5 Å². The number of rotatable bonds is 5. The molecule has 0 radical (unpaired) electrons. The van der Waals surface area contributed by atoms with Gasteiger partial charge in [-0.05, 0) is 24.6 Å². The van der Waals surface area contributed by atoms with Crippen LogP contribution in [0.5, 0.6) is 0 Å². The molecule has 0 saturated carbocycles. The van der Waals surface area contributed by atoms with Crippen LogP contribution in [0, 0.1) is 10.1 Å². The molecule has 138 valence electrons. The van der Waals surface area contributed by atoms with Crippen molar-refractivity contribution in [1.82, 2.24) is 0 Å². The van der Waals surface area contributed by atoms with Crippen molar-refractivity contribution in [2.24, 2.45) is 0 Å². The number of nitrogens with zero attached hydrogens (tertiary/aromatic N) is 1. The Hall–Kier alpha value is -2.95. The number of non-ortho nitro benzene ring substituents is 1. The van der Waals surface area contributed by atoms with Crippen molar-refractivity contribution in [2.75, 3.05) is 11.9 Å². The van der Waals surface area contributed by atoms with E-state index >= 15 is 0 Å². The van der Waals surface area contributed by atoms with Gasteiger partial charge in [0.05, 0.1) is 11.5 Å². The zero-order valence-corrected chi connectivity index (χ0v) is 13.9. The van der Waals surface area contributed by atoms with Gasteiger partial charge in [0.1, 0.15) is 10.6 Å². The van der Waals surface area contributed by atoms with Gasteiger partial charge in [0.15, 0.2) is 0 Å². The molecule has 26 heavy (non-hydrogen) atoms. The predicted molar refractivity (Wildman–Crippen MR) is 87.1 cm³/mol. The Morgan fingerprint density at radius 2 is 1.88 bits per heavy atom. The second-order valence-corrected chi connectivity index (χ2v) is 5.71. The van der Waals surface area contributed by atoms with Crippen LogP contribution < -0.4 is 5.32 Å². The largest absolute Gasteiger partial charge is 0.471 e. The zero-order valence-electron chi connectivity index (χ0n) is 13.1. The number of carbonyl (C=O) groups excluding carboxylic acids is 2. The number of alkyl halides is 3. The normalized spacial score (nSPS) is 11.1. The number of hydrogen-bond acceptors (Lipinski definition) is 6. The van der Waals surface area contributed by atoms with Crippen LogP contribution in [-0.2, 0) is 9.53 Å². The molecule has 0 saturated heterocycles. The van der Waals surface area contributed by atoms with Crippen molar-refractivity contribution < 1.29 is 32.4 Å². The molecule has 0 aliphatic rings. The molecule has 1 aromatic heterocycles. The Bertz CT molecular complexity index is 846. The van der Waals surface area contributed by atoms with Crippen molar-refractivity contribution in [1.29, 1.82) is 0 Å². The third-order valence-corrected chi connectivity index (χ3v) is 4.04. The molecule has 1 amide bonds. The van der Waals surface area contributed by atoms with Gasteiger partial charge in [0.25, 0.3) is 5.69 Å². The minimum atomic E-state index is -5.12. The summed E-state index contributed by atoms with van der Waals surface area (Å²) in [5.41, 5.74) is 0.110. The SMILES string of the molecule is CCOC(=O)c1c(-c2ccc([N+](=O)[O-])cc2)csc1NC(=O)C(F)(F)F. The summed E-state index contributed by atoms with van der Waals surface area (Å²) in [7, 11) is 0. The van der Waals surface area contributed by atoms with Gasteiger partial charge in [0, 0.05) is 23.1 Å². The molecule has 0 fully saturated rings. The van der Waals surface area contributed by atoms with E-state index in [9.17, 15) is 32.9 Å². The molecular formula is C15H11F3N2O5S. The van der Waals surface area contributed by atoms with Gasteiger partial charge < -0.3 is 10.1 Å². The predicted octanol–water partition coefficient (Wildman–Crippen LogP) is 4.00. The number of carbonyl (C=O) groups is 2. The number of benzene rings is 1. The fraction of sp³-hybridized carbons (Fsp3) is 0.200. The molecule has 1 N–H and O–H groups in total. The molecule has 1 heterocycles. The van der Waals surface area contributed by atoms with E-state index in [2.05, 4.69) is 0 Å². The zero-order chi connectivity index (χ0) is 19.5. The van der Waals surface area contributed by atoms with Crippen molar-refractivity contribution in [2.45, 2.75) is 13.1 Å². The number of hydrogen-bond donors (Lipinski definition) is 1. The second-order valence-electron chi connectivity index (χ2n) is 4.83. The number of esters is 1. The van der Waals surface area contributed by atoms with Gasteiger partial charge in [-0.1, -0.05) is 0 Å². The van der Waals surface area contributed by atoms with Gasteiger partial charge in [-0.15, -0.1) is 11.3 Å². The maximum Gasteiger partial charge on any atom is 0.471 e. The monoisotopic (exact) mass is 388 g/mol. The lowest BCUT2D eigenvalue weighted by molar-refractivity contribution is -0.384. The number of halogens is 3. The summed E-state index contributed by atoms with van der Waals surface area (Å²) in [5.74, 6) is -3.14. The van der Waals surface area contributed by atoms with Crippen LogP contribution in [0.2, 0.25) is 0 Å². The third kappa shape index (κ3) is 4.17. The molecule has 7 nitrogen and oxygen atoms in total. The molecule has 0 aliphatic carbocycles. The molecule has 2 rings (SSSR count). The van der Waals surface area contributed by atoms with Crippen LogP contribution in [0.15, 0.2) is 29.6 Å². The molecule has 0 aliphatic heterocycles. The van der Waals surface area contributed by atoms with Gasteiger partial charge in [-0.2, -0.15) is 13.2 Å². The van der Waals surface area contributed by atoms with Gasteiger partial charge in [0.2, 0.25) is 0 Å². The van der Waals surface area contributed by atoms with Crippen molar-refractivity contribution in [3.8, 4) is 11.1 Å². The van der Waals surface area contributed by atoms with E-state index in [0.29, 0.717) is 16.9 Å². The van der Waals surface area contributed by atoms with E-state index < -0.39 is 23.0 Å². The Labute approximate surface area is 148 Å². The van der Waals surface area contributed by atoms with Crippen molar-refractivity contribution >= 4 is 33.9 Å². The number of anilines is 1. The van der Waals surface area contributed by atoms with Crippen LogP contribution in [0.25, 0.3) is 11.1 Å². The summed E-state index contributed by atoms with van der Waals surface area (Å²) in [5, 5.41) is 13.4. The summed E-state index contributed by atoms with van der Waals surface area (Å²) in [6, 6.07) is 5.07. The number of amides is 1. The van der Waals surface area contributed by atoms with E-state index in [-0.39, 0.29) is 28.4 Å². The maximum atomic E-state index is 12.5. The molecule has 0 atom stereocenters. The van der Waals surface area contributed by atoms with Gasteiger partial charge in [-0.3, -0.25) is 14.9 Å². The van der Waals surface area contributed by atoms with E-state index in [1.54, 1.807) is 5.32 Å².